The van der Waals surface area contributed by atoms with Crippen LogP contribution >= 0.6 is 34.8 Å². The van der Waals surface area contributed by atoms with E-state index in [0.29, 0.717) is 0 Å². The molecule has 3 nitrogen and oxygen atoms in total. The Labute approximate surface area is 98.0 Å². The average molecular weight is 289 g/mol. The quantitative estimate of drug-likeness (QED) is 0.640. The van der Waals surface area contributed by atoms with Crippen LogP contribution in [-0.2, 0) is 9.53 Å². The van der Waals surface area contributed by atoms with E-state index < -0.39 is 35.1 Å². The van der Waals surface area contributed by atoms with E-state index in [-0.39, 0.29) is 0 Å². The van der Waals surface area contributed by atoms with Crippen molar-refractivity contribution in [3.63, 3.8) is 0 Å². The van der Waals surface area contributed by atoms with Gasteiger partial charge < -0.3 is 9.84 Å². The van der Waals surface area contributed by atoms with Crippen LogP contribution < -0.4 is 0 Å². The maximum absolute atomic E-state index is 11.7. The Morgan fingerprint density at radius 1 is 1.33 bits per heavy atom. The number of aliphatic hydroxyl groups excluding tert-OH is 1. The summed E-state index contributed by atoms with van der Waals surface area (Å²) in [6, 6.07) is 0. The van der Waals surface area contributed by atoms with Crippen LogP contribution in [0.15, 0.2) is 0 Å². The van der Waals surface area contributed by atoms with Crippen molar-refractivity contribution >= 4 is 40.8 Å². The Morgan fingerprint density at radius 3 is 2.13 bits per heavy atom. The van der Waals surface area contributed by atoms with Crippen LogP contribution in [0.5, 0.6) is 0 Å². The highest BCUT2D eigenvalue weighted by atomic mass is 35.6. The Morgan fingerprint density at radius 2 is 1.80 bits per heavy atom. The van der Waals surface area contributed by atoms with Gasteiger partial charge in [-0.25, -0.2) is 0 Å². The summed E-state index contributed by atoms with van der Waals surface area (Å²) in [5.74, 6) is -1.30. The van der Waals surface area contributed by atoms with Crippen molar-refractivity contribution in [1.82, 2.24) is 0 Å². The fourth-order valence-electron chi connectivity index (χ4n) is 0.495. The van der Waals surface area contributed by atoms with E-state index in [0.717, 1.165) is 0 Å². The Kier molecular flexibility index (Phi) is 5.46. The van der Waals surface area contributed by atoms with Crippen LogP contribution in [-0.4, -0.2) is 33.8 Å². The van der Waals surface area contributed by atoms with Gasteiger partial charge in [-0.15, -0.1) is 0 Å². The molecule has 0 aromatic rings. The first-order valence-electron chi connectivity index (χ1n) is 3.49. The molecule has 0 fully saturated rings. The summed E-state index contributed by atoms with van der Waals surface area (Å²) in [5, 5.41) is 8.46. The predicted molar refractivity (Wildman–Crippen MR) is 47.9 cm³/mol. The van der Waals surface area contributed by atoms with Crippen LogP contribution in [0.25, 0.3) is 0 Å². The zero-order valence-corrected chi connectivity index (χ0v) is 9.29. The monoisotopic (exact) mass is 288 g/mol. The fraction of sp³-hybridized carbons (Fsp3) is 0.833. The molecule has 0 aliphatic rings. The van der Waals surface area contributed by atoms with Gasteiger partial charge in [-0.1, -0.05) is 34.8 Å². The summed E-state index contributed by atoms with van der Waals surface area (Å²) < 4.78 is 37.5. The van der Waals surface area contributed by atoms with Gasteiger partial charge in [0.1, 0.15) is 6.61 Å². The van der Waals surface area contributed by atoms with Crippen molar-refractivity contribution in [3.8, 4) is 0 Å². The predicted octanol–water partition coefficient (Wildman–Crippen LogP) is 2.21. The molecule has 0 aromatic carbocycles. The molecular formula is C6H6Cl3F3O3. The molecule has 0 unspecified atom stereocenters. The van der Waals surface area contributed by atoms with Crippen LogP contribution in [0.2, 0.25) is 0 Å². The first kappa shape index (κ1) is 15.1. The maximum atomic E-state index is 11.7. The molecule has 1 atom stereocenters. The standard InChI is InChI=1S/C6H6Cl3F3O3/c7-5(8,9)2-15-4(14)1-3(13)6(10,11)12/h3,13H,1-2H2/t3-/m0/s1. The largest absolute Gasteiger partial charge is 0.461 e. The zero-order chi connectivity index (χ0) is 12.3. The summed E-state index contributed by atoms with van der Waals surface area (Å²) in [7, 11) is 0. The number of hydrogen-bond donors (Lipinski definition) is 1. The number of alkyl halides is 6. The minimum Gasteiger partial charge on any atom is -0.461 e. The number of carbonyl (C=O) groups excluding carboxylic acids is 1. The van der Waals surface area contributed by atoms with Crippen LogP contribution in [0.1, 0.15) is 6.42 Å². The molecule has 9 heteroatoms. The fourth-order valence-corrected chi connectivity index (χ4v) is 0.659. The molecule has 15 heavy (non-hydrogen) atoms. The molecule has 0 rings (SSSR count). The normalized spacial score (nSPS) is 14.9. The Bertz CT molecular complexity index is 226. The molecule has 1 N–H and O–H groups in total. The van der Waals surface area contributed by atoms with E-state index >= 15 is 0 Å². The third-order valence-corrected chi connectivity index (χ3v) is 1.46. The lowest BCUT2D eigenvalue weighted by Crippen LogP contribution is -2.32. The molecule has 0 aromatic heterocycles. The lowest BCUT2D eigenvalue weighted by Gasteiger charge is -2.15. The number of esters is 1. The van der Waals surface area contributed by atoms with Crippen molar-refractivity contribution in [2.45, 2.75) is 22.5 Å². The lowest BCUT2D eigenvalue weighted by molar-refractivity contribution is -0.209. The third-order valence-electron chi connectivity index (χ3n) is 1.13. The molecule has 0 aliphatic heterocycles. The van der Waals surface area contributed by atoms with E-state index in [1.165, 1.54) is 0 Å². The number of hydrogen-bond acceptors (Lipinski definition) is 3. The highest BCUT2D eigenvalue weighted by molar-refractivity contribution is 6.67. The maximum Gasteiger partial charge on any atom is 0.414 e. The minimum absolute atomic E-state index is 0.679. The van der Waals surface area contributed by atoms with Crippen LogP contribution in [0.3, 0.4) is 0 Å². The highest BCUT2D eigenvalue weighted by Crippen LogP contribution is 2.27. The number of rotatable bonds is 3. The van der Waals surface area contributed by atoms with Gasteiger partial charge in [0, 0.05) is 0 Å². The van der Waals surface area contributed by atoms with Crippen molar-refractivity contribution < 1.29 is 27.8 Å². The lowest BCUT2D eigenvalue weighted by atomic mass is 10.2. The van der Waals surface area contributed by atoms with Gasteiger partial charge in [0.15, 0.2) is 6.10 Å². The number of halogens is 6. The van der Waals surface area contributed by atoms with E-state index in [1.54, 1.807) is 0 Å². The van der Waals surface area contributed by atoms with E-state index in [1.807, 2.05) is 0 Å². The number of ether oxygens (including phenoxy) is 1. The van der Waals surface area contributed by atoms with Gasteiger partial charge in [-0.2, -0.15) is 13.2 Å². The van der Waals surface area contributed by atoms with Gasteiger partial charge in [-0.3, -0.25) is 4.79 Å². The summed E-state index contributed by atoms with van der Waals surface area (Å²) in [5.41, 5.74) is 0. The molecule has 0 amide bonds. The van der Waals surface area contributed by atoms with Crippen molar-refractivity contribution in [1.29, 1.82) is 0 Å². The zero-order valence-electron chi connectivity index (χ0n) is 7.02. The second-order valence-electron chi connectivity index (χ2n) is 2.54. The summed E-state index contributed by atoms with van der Waals surface area (Å²) in [6.45, 7) is -0.679. The van der Waals surface area contributed by atoms with E-state index in [2.05, 4.69) is 4.74 Å². The van der Waals surface area contributed by atoms with E-state index in [4.69, 9.17) is 39.9 Å². The van der Waals surface area contributed by atoms with Gasteiger partial charge in [0.2, 0.25) is 3.79 Å². The second kappa shape index (κ2) is 5.43. The molecule has 90 valence electrons. The minimum atomic E-state index is -4.88. The summed E-state index contributed by atoms with van der Waals surface area (Å²) >= 11 is 15.5. The first-order chi connectivity index (χ1) is 6.52. The van der Waals surface area contributed by atoms with Crippen molar-refractivity contribution in [2.75, 3.05) is 6.61 Å². The smallest absolute Gasteiger partial charge is 0.414 e. The molecule has 0 radical (unpaired) electrons. The molecule has 0 saturated carbocycles. The van der Waals surface area contributed by atoms with Crippen LogP contribution in [0, 0.1) is 0 Å². The molecular weight excluding hydrogens is 283 g/mol. The topological polar surface area (TPSA) is 46.5 Å². The molecule has 0 aliphatic carbocycles. The van der Waals surface area contributed by atoms with E-state index in [9.17, 15) is 18.0 Å². The number of carbonyl (C=O) groups is 1. The van der Waals surface area contributed by atoms with Crippen LogP contribution in [0.4, 0.5) is 13.2 Å². The average Bonchev–Trinajstić information content (AvgIpc) is 1.97. The molecule has 0 heterocycles. The summed E-state index contributed by atoms with van der Waals surface area (Å²) in [6.07, 6.45) is -8.89. The molecule has 0 spiro atoms. The van der Waals surface area contributed by atoms with Gasteiger partial charge in [0.05, 0.1) is 6.42 Å². The SMILES string of the molecule is O=C(C[C@H](O)C(F)(F)F)OCC(Cl)(Cl)Cl. The second-order valence-corrected chi connectivity index (χ2v) is 5.05. The third kappa shape index (κ3) is 7.96. The Hall–Kier alpha value is 0.0900. The Balaban J connectivity index is 3.96. The summed E-state index contributed by atoms with van der Waals surface area (Å²) in [4.78, 5) is 10.7. The highest BCUT2D eigenvalue weighted by Gasteiger charge is 2.40. The first-order valence-corrected chi connectivity index (χ1v) is 4.63. The van der Waals surface area contributed by atoms with Gasteiger partial charge >= 0.3 is 12.1 Å². The van der Waals surface area contributed by atoms with Gasteiger partial charge in [0.25, 0.3) is 0 Å². The van der Waals surface area contributed by atoms with Crippen molar-refractivity contribution in [3.05, 3.63) is 0 Å². The number of aliphatic hydroxyl groups is 1. The van der Waals surface area contributed by atoms with Crippen molar-refractivity contribution in [2.24, 2.45) is 0 Å². The molecule has 0 saturated heterocycles. The molecule has 0 bridgehead atoms. The van der Waals surface area contributed by atoms with Gasteiger partial charge in [-0.05, 0) is 0 Å².